The Labute approximate surface area is 281 Å². The number of rotatable bonds is 8. The number of hydrogen-bond acceptors (Lipinski definition) is 12. The molecule has 2 aliphatic heterocycles. The Morgan fingerprint density at radius 1 is 0.894 bits per heavy atom. The third-order valence-corrected chi connectivity index (χ3v) is 11.5. The van der Waals surface area contributed by atoms with Crippen molar-refractivity contribution in [3.05, 3.63) is 65.9 Å². The highest BCUT2D eigenvalue weighted by atomic mass is 32.1. The van der Waals surface area contributed by atoms with Gasteiger partial charge in [-0.3, -0.25) is 9.91 Å². The van der Waals surface area contributed by atoms with Gasteiger partial charge in [-0.1, -0.05) is 46.9 Å². The van der Waals surface area contributed by atoms with Gasteiger partial charge in [-0.15, -0.1) is 0 Å². The second kappa shape index (κ2) is 12.9. The fourth-order valence-electron chi connectivity index (χ4n) is 7.11. The molecule has 8 rings (SSSR count). The van der Waals surface area contributed by atoms with Crippen LogP contribution in [0.4, 0.5) is 5.13 Å². The lowest BCUT2D eigenvalue weighted by Crippen LogP contribution is -2.47. The first-order valence-electron chi connectivity index (χ1n) is 16.2. The Kier molecular flexibility index (Phi) is 8.36. The number of methoxy groups -OCH3 is 2. The molecule has 0 saturated carbocycles. The minimum atomic E-state index is 0.275. The van der Waals surface area contributed by atoms with Gasteiger partial charge in [0.15, 0.2) is 0 Å². The summed E-state index contributed by atoms with van der Waals surface area (Å²) in [7, 11) is 3.49. The van der Waals surface area contributed by atoms with E-state index in [0.29, 0.717) is 5.92 Å². The van der Waals surface area contributed by atoms with E-state index >= 15 is 0 Å². The second-order valence-electron chi connectivity index (χ2n) is 12.3. The number of thiazole rings is 2. The van der Waals surface area contributed by atoms with Crippen molar-refractivity contribution < 1.29 is 9.47 Å². The first-order valence-corrected chi connectivity index (χ1v) is 17.9. The molecule has 4 aromatic heterocycles. The minimum Gasteiger partial charge on any atom is -0.496 e. The van der Waals surface area contributed by atoms with Crippen molar-refractivity contribution >= 4 is 59.3 Å². The molecule has 0 aliphatic carbocycles. The van der Waals surface area contributed by atoms with E-state index in [4.69, 9.17) is 30.3 Å². The van der Waals surface area contributed by atoms with Crippen LogP contribution in [0.1, 0.15) is 42.7 Å². The van der Waals surface area contributed by atoms with Gasteiger partial charge in [0.2, 0.25) is 5.13 Å². The highest BCUT2D eigenvalue weighted by Gasteiger charge is 2.28. The summed E-state index contributed by atoms with van der Waals surface area (Å²) in [6.45, 7) is 4.65. The highest BCUT2D eigenvalue weighted by Crippen LogP contribution is 2.42. The summed E-state index contributed by atoms with van der Waals surface area (Å²) in [5.74, 6) is 8.77. The summed E-state index contributed by atoms with van der Waals surface area (Å²) < 4.78 is 11.7. The number of likely N-dealkylation sites (tertiary alicyclic amines) is 1. The second-order valence-corrected chi connectivity index (χ2v) is 14.3. The molecule has 10 nitrogen and oxygen atoms in total. The molecular weight excluding hydrogens is 629 g/mol. The maximum atomic E-state index is 6.65. The summed E-state index contributed by atoms with van der Waals surface area (Å²) in [6, 6.07) is 16.9. The van der Waals surface area contributed by atoms with Crippen LogP contribution in [-0.2, 0) is 6.54 Å². The van der Waals surface area contributed by atoms with Gasteiger partial charge in [0.05, 0.1) is 14.2 Å². The molecule has 0 spiro atoms. The largest absolute Gasteiger partial charge is 0.496 e. The zero-order valence-corrected chi connectivity index (χ0v) is 28.2. The van der Waals surface area contributed by atoms with Crippen LogP contribution in [0.15, 0.2) is 54.7 Å². The van der Waals surface area contributed by atoms with E-state index in [1.165, 1.54) is 5.56 Å². The number of benzene rings is 2. The predicted octanol–water partition coefficient (Wildman–Crippen LogP) is 6.35. The SMILES string of the molecule is COc1cc(CN2CCC(c3cc4nc(N(N)C5CCNCC5)sc4nc3-c3nc4cccnc4s3)CC2)c(OC)c2ccccc12. The molecular formula is C35H38N8O2S2. The Morgan fingerprint density at radius 3 is 2.47 bits per heavy atom. The number of nitrogens with two attached hydrogens (primary N) is 1. The fraction of sp³-hybridized carbons (Fsp3) is 0.371. The van der Waals surface area contributed by atoms with Gasteiger partial charge in [-0.25, -0.2) is 25.8 Å². The predicted molar refractivity (Wildman–Crippen MR) is 191 cm³/mol. The zero-order valence-electron chi connectivity index (χ0n) is 26.6. The van der Waals surface area contributed by atoms with Crippen molar-refractivity contribution in [3.8, 4) is 22.2 Å². The molecule has 0 bridgehead atoms. The van der Waals surface area contributed by atoms with Crippen LogP contribution in [0.2, 0.25) is 0 Å². The van der Waals surface area contributed by atoms with E-state index in [0.717, 1.165) is 123 Å². The van der Waals surface area contributed by atoms with E-state index < -0.39 is 0 Å². The molecule has 2 aromatic carbocycles. The van der Waals surface area contributed by atoms with Gasteiger partial charge in [-0.05, 0) is 87.6 Å². The van der Waals surface area contributed by atoms with Gasteiger partial charge in [0, 0.05) is 35.1 Å². The molecule has 0 radical (unpaired) electrons. The molecule has 6 heterocycles. The maximum absolute atomic E-state index is 6.65. The van der Waals surface area contributed by atoms with E-state index in [1.807, 2.05) is 35.5 Å². The Morgan fingerprint density at radius 2 is 1.70 bits per heavy atom. The first-order chi connectivity index (χ1) is 23.1. The maximum Gasteiger partial charge on any atom is 0.202 e. The number of anilines is 1. The van der Waals surface area contributed by atoms with Crippen molar-refractivity contribution in [2.24, 2.45) is 5.84 Å². The van der Waals surface area contributed by atoms with Crippen molar-refractivity contribution in [1.82, 2.24) is 30.2 Å². The number of hydrazine groups is 1. The molecule has 2 aliphatic rings. The third-order valence-electron chi connectivity index (χ3n) is 9.57. The molecule has 12 heteroatoms. The monoisotopic (exact) mass is 666 g/mol. The number of hydrogen-bond donors (Lipinski definition) is 2. The van der Waals surface area contributed by atoms with Crippen molar-refractivity contribution in [2.45, 2.75) is 44.2 Å². The number of pyridine rings is 2. The Balaban J connectivity index is 1.10. The summed E-state index contributed by atoms with van der Waals surface area (Å²) in [5.41, 5.74) is 5.10. The summed E-state index contributed by atoms with van der Waals surface area (Å²) in [6.07, 6.45) is 5.84. The molecule has 3 N–H and O–H groups in total. The normalized spacial score (nSPS) is 16.7. The number of nitrogens with zero attached hydrogens (tertiary/aromatic N) is 6. The summed E-state index contributed by atoms with van der Waals surface area (Å²) in [4.78, 5) is 24.2. The van der Waals surface area contributed by atoms with E-state index in [-0.39, 0.29) is 6.04 Å². The van der Waals surface area contributed by atoms with E-state index in [1.54, 1.807) is 36.9 Å². The van der Waals surface area contributed by atoms with Crippen LogP contribution in [-0.4, -0.2) is 71.3 Å². The topological polar surface area (TPSA) is 115 Å². The Bertz CT molecular complexity index is 2020. The third kappa shape index (κ3) is 5.78. The van der Waals surface area contributed by atoms with Crippen LogP contribution in [0.25, 0.3) is 42.2 Å². The molecule has 0 atom stereocenters. The minimum absolute atomic E-state index is 0.275. The summed E-state index contributed by atoms with van der Waals surface area (Å²) >= 11 is 3.17. The molecule has 0 amide bonds. The van der Waals surface area contributed by atoms with Gasteiger partial charge in [-0.2, -0.15) is 0 Å². The van der Waals surface area contributed by atoms with Crippen molar-refractivity contribution in [2.75, 3.05) is 45.4 Å². The lowest BCUT2D eigenvalue weighted by Gasteiger charge is -2.33. The molecule has 0 unspecified atom stereocenters. The quantitative estimate of drug-likeness (QED) is 0.141. The smallest absolute Gasteiger partial charge is 0.202 e. The lowest BCUT2D eigenvalue weighted by atomic mass is 9.88. The summed E-state index contributed by atoms with van der Waals surface area (Å²) in [5, 5.41) is 9.16. The zero-order chi connectivity index (χ0) is 31.9. The van der Waals surface area contributed by atoms with Gasteiger partial charge < -0.3 is 14.8 Å². The molecule has 47 heavy (non-hydrogen) atoms. The van der Waals surface area contributed by atoms with Crippen molar-refractivity contribution in [3.63, 3.8) is 0 Å². The number of fused-ring (bicyclic) bond motifs is 3. The lowest BCUT2D eigenvalue weighted by molar-refractivity contribution is 0.202. The van der Waals surface area contributed by atoms with Gasteiger partial charge in [0.25, 0.3) is 0 Å². The van der Waals surface area contributed by atoms with Gasteiger partial charge >= 0.3 is 0 Å². The van der Waals surface area contributed by atoms with Gasteiger partial charge in [0.1, 0.15) is 42.9 Å². The number of aromatic nitrogens is 4. The van der Waals surface area contributed by atoms with E-state index in [2.05, 4.69) is 39.5 Å². The van der Waals surface area contributed by atoms with E-state index in [9.17, 15) is 0 Å². The van der Waals surface area contributed by atoms with Crippen LogP contribution in [0, 0.1) is 0 Å². The average molecular weight is 667 g/mol. The Hall–Kier alpha value is -3.94. The van der Waals surface area contributed by atoms with Crippen LogP contribution in [0.3, 0.4) is 0 Å². The molecule has 2 saturated heterocycles. The van der Waals surface area contributed by atoms with Crippen molar-refractivity contribution in [1.29, 1.82) is 0 Å². The number of piperidine rings is 2. The number of nitrogens with one attached hydrogen (secondary N) is 1. The average Bonchev–Trinajstić information content (AvgIpc) is 3.75. The molecule has 242 valence electrons. The van der Waals surface area contributed by atoms with Crippen LogP contribution >= 0.6 is 22.7 Å². The molecule has 6 aromatic rings. The fourth-order valence-corrected chi connectivity index (χ4v) is 8.95. The van der Waals surface area contributed by atoms with Crippen LogP contribution < -0.4 is 25.6 Å². The number of ether oxygens (including phenoxy) is 2. The van der Waals surface area contributed by atoms with Crippen LogP contribution in [0.5, 0.6) is 11.5 Å². The standard InChI is InChI=1S/C35H38N8O2S2/c1-44-29-18-22(31(45-2)25-7-4-3-6-24(25)29)20-42-16-11-21(12-17-42)26-19-28-33(47-35(40-28)43(36)23-9-14-37-15-10-23)41-30(26)34-39-27-8-5-13-38-32(27)46-34/h3-8,13,18-19,21,23,37H,9-12,14-17,20,36H2,1-2H3. The first kappa shape index (κ1) is 30.4. The molecule has 2 fully saturated rings. The highest BCUT2D eigenvalue weighted by molar-refractivity contribution is 7.22.